The standard InChI is InChI=1S/C11H10BrN/c1-7-2-3-8-6-9(12)4-5-10(8)11(7)13/h2-6H,13H2,1H3. The van der Waals surface area contributed by atoms with E-state index in [2.05, 4.69) is 28.1 Å². The second-order valence-corrected chi connectivity index (χ2v) is 4.08. The summed E-state index contributed by atoms with van der Waals surface area (Å²) >= 11 is 3.43. The first-order valence-corrected chi connectivity index (χ1v) is 4.92. The zero-order valence-corrected chi connectivity index (χ0v) is 8.93. The smallest absolute Gasteiger partial charge is 0.0423 e. The largest absolute Gasteiger partial charge is 0.398 e. The van der Waals surface area contributed by atoms with Gasteiger partial charge in [-0.2, -0.15) is 0 Å². The number of hydrogen-bond donors (Lipinski definition) is 1. The van der Waals surface area contributed by atoms with Gasteiger partial charge in [0.1, 0.15) is 0 Å². The topological polar surface area (TPSA) is 26.0 Å². The van der Waals surface area contributed by atoms with Gasteiger partial charge in [0.15, 0.2) is 0 Å². The van der Waals surface area contributed by atoms with Crippen LogP contribution in [0.5, 0.6) is 0 Å². The fraction of sp³-hybridized carbons (Fsp3) is 0.0909. The fourth-order valence-corrected chi connectivity index (χ4v) is 1.81. The number of benzene rings is 2. The Morgan fingerprint density at radius 3 is 2.69 bits per heavy atom. The van der Waals surface area contributed by atoms with E-state index < -0.39 is 0 Å². The van der Waals surface area contributed by atoms with Gasteiger partial charge in [0, 0.05) is 15.5 Å². The molecule has 0 fully saturated rings. The number of fused-ring (bicyclic) bond motifs is 1. The normalized spacial score (nSPS) is 10.6. The van der Waals surface area contributed by atoms with Crippen molar-refractivity contribution >= 4 is 32.4 Å². The Balaban J connectivity index is 2.87. The quantitative estimate of drug-likeness (QED) is 0.696. The SMILES string of the molecule is Cc1ccc2cc(Br)ccc2c1N. The molecule has 2 rings (SSSR count). The molecule has 0 aromatic heterocycles. The van der Waals surface area contributed by atoms with E-state index in [0.717, 1.165) is 21.1 Å². The molecule has 0 amide bonds. The second kappa shape index (κ2) is 3.04. The van der Waals surface area contributed by atoms with Gasteiger partial charge < -0.3 is 5.73 Å². The van der Waals surface area contributed by atoms with Gasteiger partial charge in [-0.05, 0) is 30.0 Å². The molecule has 0 spiro atoms. The van der Waals surface area contributed by atoms with Crippen LogP contribution in [0.3, 0.4) is 0 Å². The molecule has 2 N–H and O–H groups in total. The molecule has 0 radical (unpaired) electrons. The van der Waals surface area contributed by atoms with Crippen molar-refractivity contribution in [2.75, 3.05) is 5.73 Å². The molecule has 13 heavy (non-hydrogen) atoms. The lowest BCUT2D eigenvalue weighted by molar-refractivity contribution is 1.50. The van der Waals surface area contributed by atoms with Crippen LogP contribution in [-0.2, 0) is 0 Å². The van der Waals surface area contributed by atoms with Crippen molar-refractivity contribution in [3.05, 3.63) is 40.4 Å². The molecule has 0 unspecified atom stereocenters. The Morgan fingerprint density at radius 2 is 1.92 bits per heavy atom. The molecule has 0 aliphatic heterocycles. The van der Waals surface area contributed by atoms with Crippen LogP contribution in [0.1, 0.15) is 5.56 Å². The number of rotatable bonds is 0. The number of anilines is 1. The minimum Gasteiger partial charge on any atom is -0.398 e. The lowest BCUT2D eigenvalue weighted by Crippen LogP contribution is -1.90. The summed E-state index contributed by atoms with van der Waals surface area (Å²) in [5, 5.41) is 2.31. The summed E-state index contributed by atoms with van der Waals surface area (Å²) < 4.78 is 1.09. The summed E-state index contributed by atoms with van der Waals surface area (Å²) in [7, 11) is 0. The molecule has 0 heterocycles. The minimum atomic E-state index is 0.880. The zero-order chi connectivity index (χ0) is 9.42. The molecule has 0 aliphatic rings. The third-order valence-corrected chi connectivity index (χ3v) is 2.73. The van der Waals surface area contributed by atoms with E-state index >= 15 is 0 Å². The Morgan fingerprint density at radius 1 is 1.15 bits per heavy atom. The van der Waals surface area contributed by atoms with Gasteiger partial charge in [0.05, 0.1) is 0 Å². The summed E-state index contributed by atoms with van der Waals surface area (Å²) in [6.45, 7) is 2.02. The van der Waals surface area contributed by atoms with E-state index in [-0.39, 0.29) is 0 Å². The molecule has 2 aromatic rings. The van der Waals surface area contributed by atoms with E-state index in [1.165, 1.54) is 5.39 Å². The van der Waals surface area contributed by atoms with Gasteiger partial charge in [0.2, 0.25) is 0 Å². The van der Waals surface area contributed by atoms with E-state index in [4.69, 9.17) is 5.73 Å². The van der Waals surface area contributed by atoms with Crippen molar-refractivity contribution in [1.82, 2.24) is 0 Å². The minimum absolute atomic E-state index is 0.880. The average Bonchev–Trinajstić information content (AvgIpc) is 2.12. The lowest BCUT2D eigenvalue weighted by Gasteiger charge is -2.05. The third-order valence-electron chi connectivity index (χ3n) is 2.24. The first-order valence-electron chi connectivity index (χ1n) is 4.13. The summed E-state index contributed by atoms with van der Waals surface area (Å²) in [5.74, 6) is 0. The molecule has 0 bridgehead atoms. The fourth-order valence-electron chi connectivity index (χ4n) is 1.43. The highest BCUT2D eigenvalue weighted by atomic mass is 79.9. The van der Waals surface area contributed by atoms with Crippen molar-refractivity contribution in [3.63, 3.8) is 0 Å². The molecule has 2 aromatic carbocycles. The lowest BCUT2D eigenvalue weighted by atomic mass is 10.1. The van der Waals surface area contributed by atoms with Crippen LogP contribution in [0.25, 0.3) is 10.8 Å². The van der Waals surface area contributed by atoms with E-state index in [1.807, 2.05) is 25.1 Å². The predicted octanol–water partition coefficient (Wildman–Crippen LogP) is 3.49. The van der Waals surface area contributed by atoms with Gasteiger partial charge in [0.25, 0.3) is 0 Å². The number of nitrogen functional groups attached to an aromatic ring is 1. The summed E-state index contributed by atoms with van der Waals surface area (Å²) in [6, 6.07) is 10.3. The van der Waals surface area contributed by atoms with Crippen LogP contribution in [-0.4, -0.2) is 0 Å². The van der Waals surface area contributed by atoms with E-state index in [0.29, 0.717) is 0 Å². The van der Waals surface area contributed by atoms with Gasteiger partial charge in [-0.1, -0.05) is 34.1 Å². The van der Waals surface area contributed by atoms with Gasteiger partial charge in [-0.15, -0.1) is 0 Å². The third kappa shape index (κ3) is 1.42. The number of halogens is 1. The van der Waals surface area contributed by atoms with Crippen LogP contribution in [0.4, 0.5) is 5.69 Å². The van der Waals surface area contributed by atoms with Crippen molar-refractivity contribution < 1.29 is 0 Å². The molecule has 2 heteroatoms. The van der Waals surface area contributed by atoms with Crippen LogP contribution < -0.4 is 5.73 Å². The van der Waals surface area contributed by atoms with E-state index in [1.54, 1.807) is 0 Å². The van der Waals surface area contributed by atoms with Crippen LogP contribution in [0.15, 0.2) is 34.8 Å². The van der Waals surface area contributed by atoms with Crippen molar-refractivity contribution in [2.45, 2.75) is 6.92 Å². The van der Waals surface area contributed by atoms with Crippen molar-refractivity contribution in [2.24, 2.45) is 0 Å². The number of aryl methyl sites for hydroxylation is 1. The Kier molecular flexibility index (Phi) is 2.00. The van der Waals surface area contributed by atoms with Gasteiger partial charge in [-0.25, -0.2) is 0 Å². The molecule has 0 saturated carbocycles. The maximum absolute atomic E-state index is 5.95. The molecular formula is C11H10BrN. The maximum Gasteiger partial charge on any atom is 0.0423 e. The number of nitrogens with two attached hydrogens (primary N) is 1. The molecule has 0 saturated heterocycles. The van der Waals surface area contributed by atoms with E-state index in [9.17, 15) is 0 Å². The predicted molar refractivity (Wildman–Crippen MR) is 60.8 cm³/mol. The molecule has 0 atom stereocenters. The number of hydrogen-bond acceptors (Lipinski definition) is 1. The Bertz CT molecular complexity index is 463. The zero-order valence-electron chi connectivity index (χ0n) is 7.34. The Labute approximate surface area is 85.7 Å². The summed E-state index contributed by atoms with van der Waals surface area (Å²) in [4.78, 5) is 0. The highest BCUT2D eigenvalue weighted by molar-refractivity contribution is 9.10. The first kappa shape index (κ1) is 8.57. The van der Waals surface area contributed by atoms with Crippen LogP contribution in [0.2, 0.25) is 0 Å². The monoisotopic (exact) mass is 235 g/mol. The molecule has 1 nitrogen and oxygen atoms in total. The Hall–Kier alpha value is -1.02. The van der Waals surface area contributed by atoms with Crippen molar-refractivity contribution in [3.8, 4) is 0 Å². The maximum atomic E-state index is 5.95. The van der Waals surface area contributed by atoms with Gasteiger partial charge >= 0.3 is 0 Å². The summed E-state index contributed by atoms with van der Waals surface area (Å²) in [6.07, 6.45) is 0. The first-order chi connectivity index (χ1) is 6.18. The van der Waals surface area contributed by atoms with Crippen molar-refractivity contribution in [1.29, 1.82) is 0 Å². The van der Waals surface area contributed by atoms with Crippen LogP contribution in [0, 0.1) is 6.92 Å². The second-order valence-electron chi connectivity index (χ2n) is 3.16. The highest BCUT2D eigenvalue weighted by Gasteiger charge is 2.00. The van der Waals surface area contributed by atoms with Crippen LogP contribution >= 0.6 is 15.9 Å². The molecular weight excluding hydrogens is 226 g/mol. The van der Waals surface area contributed by atoms with Gasteiger partial charge in [-0.3, -0.25) is 0 Å². The molecule has 0 aliphatic carbocycles. The average molecular weight is 236 g/mol. The summed E-state index contributed by atoms with van der Waals surface area (Å²) in [5.41, 5.74) is 7.97. The molecule has 66 valence electrons. The highest BCUT2D eigenvalue weighted by Crippen LogP contribution is 2.26.